The first-order valence-corrected chi connectivity index (χ1v) is 13.4. The number of ether oxygens (including phenoxy) is 1. The first-order chi connectivity index (χ1) is 19.2. The third kappa shape index (κ3) is 7.27. The van der Waals surface area contributed by atoms with E-state index in [9.17, 15) is 23.2 Å². The van der Waals surface area contributed by atoms with Crippen molar-refractivity contribution < 1.29 is 32.3 Å². The van der Waals surface area contributed by atoms with Gasteiger partial charge in [-0.3, -0.25) is 0 Å². The molecule has 1 amide bonds. The zero-order chi connectivity index (χ0) is 30.0. The molecule has 1 saturated carbocycles. The molecule has 1 aliphatic carbocycles. The summed E-state index contributed by atoms with van der Waals surface area (Å²) >= 11 is 0. The van der Waals surface area contributed by atoms with Crippen LogP contribution in [0.2, 0.25) is 0 Å². The van der Waals surface area contributed by atoms with Gasteiger partial charge in [-0.05, 0) is 64.2 Å². The maximum atomic E-state index is 15.8. The molecular weight excluding hydrogens is 546 g/mol. The first kappa shape index (κ1) is 30.1. The number of hydrogen-bond acceptors (Lipinski definition) is 8. The smallest absolute Gasteiger partial charge is 0.416 e. The number of piperidine rings is 1. The Morgan fingerprint density at radius 2 is 1.83 bits per heavy atom. The van der Waals surface area contributed by atoms with Gasteiger partial charge in [-0.1, -0.05) is 17.3 Å². The Morgan fingerprint density at radius 1 is 1.20 bits per heavy atom. The third-order valence-electron chi connectivity index (χ3n) is 7.28. The van der Waals surface area contributed by atoms with Crippen LogP contribution >= 0.6 is 0 Å². The molecule has 0 radical (unpaired) electrons. The number of alkyl halides is 3. The fourth-order valence-corrected chi connectivity index (χ4v) is 4.77. The van der Waals surface area contributed by atoms with Gasteiger partial charge in [0.05, 0.1) is 11.0 Å². The molecular formula is C27H35F4N7O3. The second-order valence-electron chi connectivity index (χ2n) is 11.5. The molecule has 4 N–H and O–H groups in total. The topological polar surface area (TPSA) is 129 Å². The van der Waals surface area contributed by atoms with Crippen LogP contribution in [0.4, 0.5) is 34.0 Å². The average Bonchev–Trinajstić information content (AvgIpc) is 3.75. The number of halogens is 4. The molecule has 4 rings (SSSR count). The number of nitrogens with two attached hydrogens (primary N) is 1. The fourth-order valence-electron chi connectivity index (χ4n) is 4.77. The Kier molecular flexibility index (Phi) is 8.50. The van der Waals surface area contributed by atoms with Crippen LogP contribution in [0.1, 0.15) is 57.6 Å². The van der Waals surface area contributed by atoms with Crippen molar-refractivity contribution in [3.8, 4) is 0 Å². The minimum absolute atomic E-state index is 0.00441. The lowest BCUT2D eigenvalue weighted by atomic mass is 9.77. The zero-order valence-corrected chi connectivity index (χ0v) is 23.2. The molecule has 2 fully saturated rings. The molecule has 0 unspecified atom stereocenters. The van der Waals surface area contributed by atoms with Crippen LogP contribution in [0, 0.1) is 11.2 Å². The van der Waals surface area contributed by atoms with E-state index >= 15 is 4.39 Å². The maximum Gasteiger partial charge on any atom is 0.416 e. The number of nitrogens with one attached hydrogen (secondary N) is 1. The molecule has 1 aliphatic heterocycles. The van der Waals surface area contributed by atoms with Crippen molar-refractivity contribution in [1.29, 1.82) is 0 Å². The van der Waals surface area contributed by atoms with Crippen LogP contribution in [0.15, 0.2) is 35.7 Å². The summed E-state index contributed by atoms with van der Waals surface area (Å²) in [7, 11) is 0. The minimum atomic E-state index is -4.44. The van der Waals surface area contributed by atoms with Crippen molar-refractivity contribution >= 4 is 23.6 Å². The van der Waals surface area contributed by atoms with Gasteiger partial charge in [0, 0.05) is 32.2 Å². The van der Waals surface area contributed by atoms with E-state index in [4.69, 9.17) is 10.5 Å². The van der Waals surface area contributed by atoms with Gasteiger partial charge < -0.3 is 30.8 Å². The second kappa shape index (κ2) is 11.6. The van der Waals surface area contributed by atoms with Gasteiger partial charge in [-0.25, -0.2) is 14.8 Å². The Hall–Kier alpha value is -3.84. The Bertz CT molecular complexity index is 1250. The number of nitrogens with zero attached hydrogens (tertiary/aromatic N) is 5. The van der Waals surface area contributed by atoms with Crippen molar-refractivity contribution in [2.45, 2.75) is 70.8 Å². The summed E-state index contributed by atoms with van der Waals surface area (Å²) in [5.74, 6) is -0.826. The monoisotopic (exact) mass is 581 g/mol. The number of carbonyl (C=O) groups is 1. The van der Waals surface area contributed by atoms with E-state index in [1.807, 2.05) is 0 Å². The third-order valence-corrected chi connectivity index (χ3v) is 7.28. The highest BCUT2D eigenvalue weighted by molar-refractivity contribution is 5.87. The lowest BCUT2D eigenvalue weighted by molar-refractivity contribution is -0.137. The fraction of sp³-hybridized carbons (Fsp3) is 0.556. The molecule has 2 aromatic rings. The number of aromatic nitrogens is 2. The Labute approximate surface area is 235 Å². The lowest BCUT2D eigenvalue weighted by Gasteiger charge is -2.41. The van der Waals surface area contributed by atoms with Crippen LogP contribution in [-0.2, 0) is 17.5 Å². The Morgan fingerprint density at radius 3 is 2.37 bits per heavy atom. The molecule has 2 aliphatic rings. The molecule has 14 heteroatoms. The predicted molar refractivity (Wildman–Crippen MR) is 144 cm³/mol. The van der Waals surface area contributed by atoms with Gasteiger partial charge in [-0.15, -0.1) is 0 Å². The number of likely N-dealkylation sites (tertiary alicyclic amines) is 1. The SMILES string of the molecule is CC(C)(C)OC(=O)N1CCC(CNc2ncnc(N(Cc3ccc(C(F)(F)F)cc3)C3CC3)c2F)(/C(N)=N/O)CC1. The molecule has 2 heterocycles. The summed E-state index contributed by atoms with van der Waals surface area (Å²) in [6.45, 7) is 6.14. The van der Waals surface area contributed by atoms with Crippen LogP contribution in [0.25, 0.3) is 0 Å². The maximum absolute atomic E-state index is 15.8. The van der Waals surface area contributed by atoms with Gasteiger partial charge in [0.15, 0.2) is 11.6 Å². The van der Waals surface area contributed by atoms with Crippen molar-refractivity contribution in [2.75, 3.05) is 29.9 Å². The van der Waals surface area contributed by atoms with E-state index in [1.54, 1.807) is 30.6 Å². The summed E-state index contributed by atoms with van der Waals surface area (Å²) in [5, 5.41) is 15.7. The number of hydrogen-bond donors (Lipinski definition) is 3. The normalized spacial score (nSPS) is 17.7. The molecule has 224 valence electrons. The number of amidine groups is 1. The van der Waals surface area contributed by atoms with E-state index in [1.165, 1.54) is 18.5 Å². The van der Waals surface area contributed by atoms with Gasteiger partial charge in [0.1, 0.15) is 17.8 Å². The van der Waals surface area contributed by atoms with Crippen LogP contribution in [0.3, 0.4) is 0 Å². The van der Waals surface area contributed by atoms with Gasteiger partial charge in [0.2, 0.25) is 5.82 Å². The molecule has 1 saturated heterocycles. The van der Waals surface area contributed by atoms with E-state index in [-0.39, 0.29) is 49.7 Å². The number of carbonyl (C=O) groups excluding carboxylic acids is 1. The number of anilines is 2. The molecule has 41 heavy (non-hydrogen) atoms. The first-order valence-electron chi connectivity index (χ1n) is 13.4. The van der Waals surface area contributed by atoms with Gasteiger partial charge >= 0.3 is 12.3 Å². The van der Waals surface area contributed by atoms with E-state index in [0.717, 1.165) is 25.0 Å². The molecule has 10 nitrogen and oxygen atoms in total. The number of rotatable bonds is 8. The van der Waals surface area contributed by atoms with Gasteiger partial charge in [0.25, 0.3) is 0 Å². The summed E-state index contributed by atoms with van der Waals surface area (Å²) in [5.41, 5.74) is 4.37. The minimum Gasteiger partial charge on any atom is -0.444 e. The molecule has 1 aromatic heterocycles. The van der Waals surface area contributed by atoms with Crippen molar-refractivity contribution in [3.63, 3.8) is 0 Å². The average molecular weight is 582 g/mol. The van der Waals surface area contributed by atoms with Gasteiger partial charge in [-0.2, -0.15) is 17.6 Å². The lowest BCUT2D eigenvalue weighted by Crippen LogP contribution is -2.52. The molecule has 1 aromatic carbocycles. The van der Waals surface area contributed by atoms with Crippen LogP contribution in [-0.4, -0.2) is 63.3 Å². The number of benzene rings is 1. The Balaban J connectivity index is 1.48. The molecule has 0 bridgehead atoms. The molecule has 0 atom stereocenters. The highest BCUT2D eigenvalue weighted by Crippen LogP contribution is 2.37. The summed E-state index contributed by atoms with van der Waals surface area (Å²) in [6.07, 6.45) is -1.43. The van der Waals surface area contributed by atoms with Crippen LogP contribution in [0.5, 0.6) is 0 Å². The summed E-state index contributed by atoms with van der Waals surface area (Å²) in [4.78, 5) is 24.0. The highest BCUT2D eigenvalue weighted by Gasteiger charge is 2.41. The second-order valence-corrected chi connectivity index (χ2v) is 11.5. The van der Waals surface area contributed by atoms with Crippen LogP contribution < -0.4 is 16.0 Å². The molecule has 0 spiro atoms. The zero-order valence-electron chi connectivity index (χ0n) is 23.2. The highest BCUT2D eigenvalue weighted by atomic mass is 19.4. The largest absolute Gasteiger partial charge is 0.444 e. The summed E-state index contributed by atoms with van der Waals surface area (Å²) in [6, 6.07) is 4.76. The van der Waals surface area contributed by atoms with E-state index in [2.05, 4.69) is 20.4 Å². The number of amides is 1. The summed E-state index contributed by atoms with van der Waals surface area (Å²) < 4.78 is 60.1. The van der Waals surface area contributed by atoms with E-state index < -0.39 is 34.7 Å². The van der Waals surface area contributed by atoms with Crippen molar-refractivity contribution in [2.24, 2.45) is 16.3 Å². The van der Waals surface area contributed by atoms with E-state index in [0.29, 0.717) is 18.4 Å². The predicted octanol–water partition coefficient (Wildman–Crippen LogP) is 4.98. The number of oxime groups is 1. The van der Waals surface area contributed by atoms with Crippen molar-refractivity contribution in [3.05, 3.63) is 47.5 Å². The quantitative estimate of drug-likeness (QED) is 0.131. The van der Waals surface area contributed by atoms with Crippen molar-refractivity contribution in [1.82, 2.24) is 14.9 Å². The standard InChI is InChI=1S/C27H35F4N7O3/c1-25(2,3)41-24(39)37-12-10-26(11-13-37,23(32)36-40)15-33-21-20(28)22(35-16-34-21)38(19-8-9-19)14-17-4-6-18(7-5-17)27(29,30)31/h4-7,16,19,40H,8-15H2,1-3H3,(H2,32,36)(H,33,34,35).